The molecule has 4 nitrogen and oxygen atoms in total. The molecule has 1 N–H and O–H groups in total. The van der Waals surface area contributed by atoms with Crippen LogP contribution in [0.3, 0.4) is 0 Å². The summed E-state index contributed by atoms with van der Waals surface area (Å²) in [6.07, 6.45) is 3.97. The summed E-state index contributed by atoms with van der Waals surface area (Å²) in [7, 11) is -3.83. The summed E-state index contributed by atoms with van der Waals surface area (Å²) < 4.78 is 30.9. The van der Waals surface area contributed by atoms with Gasteiger partial charge in [0.15, 0.2) is 0 Å². The second kappa shape index (κ2) is 4.09. The van der Waals surface area contributed by atoms with E-state index >= 15 is 0 Å². The summed E-state index contributed by atoms with van der Waals surface area (Å²) in [4.78, 5) is 0.181. The first kappa shape index (κ1) is 13.7. The Morgan fingerprint density at radius 1 is 1.14 bits per heavy atom. The van der Waals surface area contributed by atoms with Crippen molar-refractivity contribution in [3.05, 3.63) is 29.8 Å². The van der Waals surface area contributed by atoms with Crippen molar-refractivity contribution < 1.29 is 17.7 Å². The highest BCUT2D eigenvalue weighted by atomic mass is 32.2. The molecule has 0 aliphatic heterocycles. The molecule has 4 rings (SSSR count). The van der Waals surface area contributed by atoms with Crippen molar-refractivity contribution >= 4 is 10.1 Å². The zero-order valence-electron chi connectivity index (χ0n) is 12.1. The van der Waals surface area contributed by atoms with Crippen LogP contribution in [0.25, 0.3) is 0 Å². The van der Waals surface area contributed by atoms with E-state index < -0.39 is 21.3 Å². The van der Waals surface area contributed by atoms with E-state index in [4.69, 9.17) is 4.18 Å². The van der Waals surface area contributed by atoms with Crippen molar-refractivity contribution in [2.45, 2.75) is 55.1 Å². The van der Waals surface area contributed by atoms with E-state index in [1.165, 1.54) is 0 Å². The van der Waals surface area contributed by atoms with E-state index in [1.54, 1.807) is 24.3 Å². The van der Waals surface area contributed by atoms with E-state index in [0.29, 0.717) is 12.8 Å². The van der Waals surface area contributed by atoms with Crippen LogP contribution in [0.15, 0.2) is 29.2 Å². The van der Waals surface area contributed by atoms with Gasteiger partial charge in [-0.3, -0.25) is 4.18 Å². The average Bonchev–Trinajstić information content (AvgIpc) is 2.94. The molecule has 5 heteroatoms. The van der Waals surface area contributed by atoms with Gasteiger partial charge in [0.05, 0.1) is 10.5 Å². The van der Waals surface area contributed by atoms with E-state index in [9.17, 15) is 13.5 Å². The monoisotopic (exact) mass is 308 g/mol. The van der Waals surface area contributed by atoms with Gasteiger partial charge in [0, 0.05) is 0 Å². The predicted octanol–water partition coefficient (Wildman–Crippen LogP) is 2.39. The lowest BCUT2D eigenvalue weighted by Gasteiger charge is -2.35. The minimum atomic E-state index is -3.83. The van der Waals surface area contributed by atoms with Gasteiger partial charge in [-0.2, -0.15) is 8.42 Å². The SMILES string of the molecule is Cc1ccc(S(=O)(=O)OC23CCC4C[C@H]2CC[C@@]43O)cc1. The lowest BCUT2D eigenvalue weighted by Crippen LogP contribution is -2.49. The third kappa shape index (κ3) is 1.65. The third-order valence-electron chi connectivity index (χ3n) is 5.94. The maximum absolute atomic E-state index is 12.6. The molecule has 0 saturated heterocycles. The molecule has 4 bridgehead atoms. The van der Waals surface area contributed by atoms with Crippen molar-refractivity contribution in [1.29, 1.82) is 0 Å². The number of aryl methyl sites for hydroxylation is 1. The Morgan fingerprint density at radius 2 is 1.81 bits per heavy atom. The van der Waals surface area contributed by atoms with Gasteiger partial charge in [0.25, 0.3) is 10.1 Å². The molecule has 1 aromatic carbocycles. The molecule has 0 spiro atoms. The van der Waals surface area contributed by atoms with Crippen LogP contribution in [0.4, 0.5) is 0 Å². The molecular weight excluding hydrogens is 288 g/mol. The van der Waals surface area contributed by atoms with Gasteiger partial charge in [0.1, 0.15) is 5.60 Å². The lowest BCUT2D eigenvalue weighted by atomic mass is 9.84. The highest BCUT2D eigenvalue weighted by Crippen LogP contribution is 2.68. The minimum Gasteiger partial charge on any atom is -0.387 e. The topological polar surface area (TPSA) is 63.6 Å². The van der Waals surface area contributed by atoms with Crippen molar-refractivity contribution in [1.82, 2.24) is 0 Å². The first-order chi connectivity index (χ1) is 9.87. The molecule has 1 aromatic rings. The molecule has 2 unspecified atom stereocenters. The van der Waals surface area contributed by atoms with Crippen LogP contribution in [-0.2, 0) is 14.3 Å². The number of aliphatic hydroxyl groups is 1. The normalized spacial score (nSPS) is 40.9. The van der Waals surface area contributed by atoms with Crippen LogP contribution in [0.5, 0.6) is 0 Å². The molecule has 3 aliphatic rings. The maximum atomic E-state index is 12.6. The second-order valence-electron chi connectivity index (χ2n) is 6.87. The lowest BCUT2D eigenvalue weighted by molar-refractivity contribution is -0.0922. The summed E-state index contributed by atoms with van der Waals surface area (Å²) in [6.45, 7) is 1.91. The molecule has 0 aromatic heterocycles. The first-order valence-corrected chi connectivity index (χ1v) is 9.03. The van der Waals surface area contributed by atoms with Crippen LogP contribution in [0.1, 0.15) is 37.7 Å². The number of hydrogen-bond donors (Lipinski definition) is 1. The fraction of sp³-hybridized carbons (Fsp3) is 0.625. The van der Waals surface area contributed by atoms with E-state index in [0.717, 1.165) is 24.8 Å². The zero-order chi connectivity index (χ0) is 14.9. The molecule has 0 amide bonds. The molecule has 21 heavy (non-hydrogen) atoms. The smallest absolute Gasteiger partial charge is 0.297 e. The van der Waals surface area contributed by atoms with Crippen LogP contribution in [0, 0.1) is 18.8 Å². The first-order valence-electron chi connectivity index (χ1n) is 7.62. The standard InChI is InChI=1S/C16H20O4S/c1-11-2-4-14(5-3-11)21(18,19)20-16-9-7-12-10-13(16)6-8-15(12,16)17/h2-5,12-13,17H,6-10H2,1H3/t12?,13-,15-,16?/m1/s1. The minimum absolute atomic E-state index is 0.181. The molecule has 114 valence electrons. The highest BCUT2D eigenvalue weighted by Gasteiger charge is 2.74. The third-order valence-corrected chi connectivity index (χ3v) is 7.31. The van der Waals surface area contributed by atoms with E-state index in [1.807, 2.05) is 6.92 Å². The van der Waals surface area contributed by atoms with Crippen molar-refractivity contribution in [3.8, 4) is 0 Å². The largest absolute Gasteiger partial charge is 0.387 e. The summed E-state index contributed by atoms with van der Waals surface area (Å²) >= 11 is 0. The van der Waals surface area contributed by atoms with Gasteiger partial charge >= 0.3 is 0 Å². The number of benzene rings is 1. The quantitative estimate of drug-likeness (QED) is 0.871. The Kier molecular flexibility index (Phi) is 2.67. The number of hydrogen-bond acceptors (Lipinski definition) is 4. The van der Waals surface area contributed by atoms with Crippen molar-refractivity contribution in [2.75, 3.05) is 0 Å². The fourth-order valence-electron chi connectivity index (χ4n) is 4.89. The van der Waals surface area contributed by atoms with Crippen molar-refractivity contribution in [2.24, 2.45) is 11.8 Å². The summed E-state index contributed by atoms with van der Waals surface area (Å²) in [5.74, 6) is 0.394. The number of rotatable bonds is 3. The van der Waals surface area contributed by atoms with Gasteiger partial charge in [-0.25, -0.2) is 0 Å². The van der Waals surface area contributed by atoms with Gasteiger partial charge in [0.2, 0.25) is 0 Å². The zero-order valence-corrected chi connectivity index (χ0v) is 12.9. The van der Waals surface area contributed by atoms with Crippen LogP contribution >= 0.6 is 0 Å². The average molecular weight is 308 g/mol. The van der Waals surface area contributed by atoms with Crippen LogP contribution in [-0.4, -0.2) is 24.7 Å². The second-order valence-corrected chi connectivity index (χ2v) is 8.42. The van der Waals surface area contributed by atoms with E-state index in [2.05, 4.69) is 0 Å². The summed E-state index contributed by atoms with van der Waals surface area (Å²) in [5.41, 5.74) is -0.802. The molecule has 0 heterocycles. The predicted molar refractivity (Wildman–Crippen MR) is 77.2 cm³/mol. The Labute approximate surface area is 125 Å². The molecular formula is C16H20O4S. The Morgan fingerprint density at radius 3 is 2.43 bits per heavy atom. The molecule has 0 radical (unpaired) electrons. The van der Waals surface area contributed by atoms with Crippen molar-refractivity contribution in [3.63, 3.8) is 0 Å². The molecule has 3 saturated carbocycles. The van der Waals surface area contributed by atoms with Gasteiger partial charge in [-0.15, -0.1) is 0 Å². The Hall–Kier alpha value is -0.910. The van der Waals surface area contributed by atoms with E-state index in [-0.39, 0.29) is 16.7 Å². The van der Waals surface area contributed by atoms with Crippen LogP contribution in [0.2, 0.25) is 0 Å². The molecule has 4 atom stereocenters. The Balaban J connectivity index is 1.71. The summed E-state index contributed by atoms with van der Waals surface area (Å²) in [6, 6.07) is 6.69. The molecule has 3 aliphatic carbocycles. The fourth-order valence-corrected chi connectivity index (χ4v) is 6.21. The Bertz CT molecular complexity index is 681. The van der Waals surface area contributed by atoms with Gasteiger partial charge < -0.3 is 5.11 Å². The summed E-state index contributed by atoms with van der Waals surface area (Å²) in [5, 5.41) is 11.0. The molecule has 3 fully saturated rings. The van der Waals surface area contributed by atoms with Gasteiger partial charge in [-0.1, -0.05) is 17.7 Å². The van der Waals surface area contributed by atoms with Gasteiger partial charge in [-0.05, 0) is 63.0 Å². The van der Waals surface area contributed by atoms with Crippen LogP contribution < -0.4 is 0 Å². The maximum Gasteiger partial charge on any atom is 0.297 e. The highest BCUT2D eigenvalue weighted by molar-refractivity contribution is 7.86.